The van der Waals surface area contributed by atoms with E-state index >= 15 is 0 Å². The van der Waals surface area contributed by atoms with Gasteiger partial charge in [0.05, 0.1) is 5.02 Å². The summed E-state index contributed by atoms with van der Waals surface area (Å²) < 4.78 is 26.6. The first-order valence-corrected chi connectivity index (χ1v) is 7.70. The first-order valence-electron chi connectivity index (χ1n) is 5.84. The summed E-state index contributed by atoms with van der Waals surface area (Å²) in [5.74, 6) is 1.15. The first kappa shape index (κ1) is 14.8. The Labute approximate surface area is 121 Å². The molecule has 0 spiro atoms. The third-order valence-electron chi connectivity index (χ3n) is 2.57. The molecule has 9 heteroatoms. The fraction of sp³-hybridized carbons (Fsp3) is 0.273. The van der Waals surface area contributed by atoms with Gasteiger partial charge in [-0.3, -0.25) is 0 Å². The van der Waals surface area contributed by atoms with Crippen molar-refractivity contribution in [3.63, 3.8) is 0 Å². The number of aromatic amines is 1. The maximum Gasteiger partial charge on any atom is 0.242 e. The minimum absolute atomic E-state index is 0.0287. The Morgan fingerprint density at radius 3 is 2.80 bits per heavy atom. The van der Waals surface area contributed by atoms with E-state index in [1.807, 2.05) is 0 Å². The molecule has 0 aliphatic carbocycles. The van der Waals surface area contributed by atoms with Gasteiger partial charge in [-0.2, -0.15) is 0 Å². The lowest BCUT2D eigenvalue weighted by Crippen LogP contribution is -2.26. The molecule has 0 fully saturated rings. The number of imidazole rings is 1. The molecule has 3 N–H and O–H groups in total. The molecule has 2 aromatic rings. The number of hydrogen-bond acceptors (Lipinski definition) is 5. The average molecular weight is 316 g/mol. The molecule has 2 heterocycles. The minimum atomic E-state index is -3.63. The second-order valence-electron chi connectivity index (χ2n) is 3.94. The number of halogens is 1. The maximum atomic E-state index is 12.1. The third kappa shape index (κ3) is 3.47. The predicted octanol–water partition coefficient (Wildman–Crippen LogP) is 1.02. The van der Waals surface area contributed by atoms with E-state index in [-0.39, 0.29) is 16.5 Å². The molecule has 0 aliphatic rings. The van der Waals surface area contributed by atoms with Gasteiger partial charge in [-0.1, -0.05) is 11.6 Å². The van der Waals surface area contributed by atoms with E-state index in [2.05, 4.69) is 25.0 Å². The van der Waals surface area contributed by atoms with Crippen molar-refractivity contribution >= 4 is 27.4 Å². The van der Waals surface area contributed by atoms with Crippen molar-refractivity contribution in [2.24, 2.45) is 0 Å². The van der Waals surface area contributed by atoms with Crippen LogP contribution >= 0.6 is 11.6 Å². The van der Waals surface area contributed by atoms with Crippen LogP contribution in [0.2, 0.25) is 5.02 Å². The zero-order valence-electron chi connectivity index (χ0n) is 10.7. The number of rotatable bonds is 6. The molecule has 0 radical (unpaired) electrons. The molecule has 7 nitrogen and oxygen atoms in total. The highest BCUT2D eigenvalue weighted by atomic mass is 35.5. The van der Waals surface area contributed by atoms with Crippen LogP contribution < -0.4 is 10.0 Å². The van der Waals surface area contributed by atoms with Crippen molar-refractivity contribution in [2.45, 2.75) is 11.3 Å². The van der Waals surface area contributed by atoms with Crippen molar-refractivity contribution in [3.8, 4) is 0 Å². The van der Waals surface area contributed by atoms with Gasteiger partial charge in [-0.05, 0) is 6.07 Å². The predicted molar refractivity (Wildman–Crippen MR) is 76.3 cm³/mol. The monoisotopic (exact) mass is 315 g/mol. The Morgan fingerprint density at radius 1 is 1.40 bits per heavy atom. The summed E-state index contributed by atoms with van der Waals surface area (Å²) in [4.78, 5) is 10.9. The van der Waals surface area contributed by atoms with Gasteiger partial charge in [0.25, 0.3) is 0 Å². The van der Waals surface area contributed by atoms with Gasteiger partial charge in [0, 0.05) is 38.6 Å². The van der Waals surface area contributed by atoms with Crippen molar-refractivity contribution in [3.05, 3.63) is 35.5 Å². The molecule has 0 bridgehead atoms. The summed E-state index contributed by atoms with van der Waals surface area (Å²) in [7, 11) is -1.97. The fourth-order valence-corrected chi connectivity index (χ4v) is 2.90. The largest absolute Gasteiger partial charge is 0.372 e. The van der Waals surface area contributed by atoms with Crippen LogP contribution in [0.25, 0.3) is 0 Å². The quantitative estimate of drug-likeness (QED) is 0.739. The number of sulfonamides is 1. The zero-order chi connectivity index (χ0) is 14.6. The van der Waals surface area contributed by atoms with E-state index in [1.165, 1.54) is 12.3 Å². The summed E-state index contributed by atoms with van der Waals surface area (Å²) in [5, 5.41) is 3.02. The van der Waals surface area contributed by atoms with Crippen molar-refractivity contribution in [1.29, 1.82) is 0 Å². The van der Waals surface area contributed by atoms with Gasteiger partial charge >= 0.3 is 0 Å². The normalized spacial score (nSPS) is 11.5. The molecular weight excluding hydrogens is 302 g/mol. The molecule has 0 atom stereocenters. The average Bonchev–Trinajstić information content (AvgIpc) is 2.91. The molecule has 0 aromatic carbocycles. The smallest absolute Gasteiger partial charge is 0.242 e. The van der Waals surface area contributed by atoms with Crippen LogP contribution in [-0.2, 0) is 16.4 Å². The third-order valence-corrected chi connectivity index (χ3v) is 4.29. The van der Waals surface area contributed by atoms with E-state index in [0.29, 0.717) is 12.2 Å². The number of anilines is 1. The van der Waals surface area contributed by atoms with Crippen LogP contribution in [0.1, 0.15) is 5.82 Å². The van der Waals surface area contributed by atoms with E-state index in [1.54, 1.807) is 19.4 Å². The van der Waals surface area contributed by atoms with Crippen LogP contribution in [0.5, 0.6) is 0 Å². The van der Waals surface area contributed by atoms with Crippen molar-refractivity contribution in [1.82, 2.24) is 19.7 Å². The molecule has 0 amide bonds. The topological polar surface area (TPSA) is 99.8 Å². The summed E-state index contributed by atoms with van der Waals surface area (Å²) in [6.07, 6.45) is 5.03. The molecule has 20 heavy (non-hydrogen) atoms. The number of H-pyrrole nitrogens is 1. The molecule has 0 saturated carbocycles. The number of nitrogens with zero attached hydrogens (tertiary/aromatic N) is 2. The van der Waals surface area contributed by atoms with Crippen molar-refractivity contribution in [2.75, 3.05) is 18.9 Å². The van der Waals surface area contributed by atoms with E-state index in [4.69, 9.17) is 11.6 Å². The molecule has 0 aliphatic heterocycles. The van der Waals surface area contributed by atoms with E-state index in [9.17, 15) is 8.42 Å². The number of hydrogen-bond donors (Lipinski definition) is 3. The summed E-state index contributed by atoms with van der Waals surface area (Å²) in [6, 6.07) is 1.36. The second-order valence-corrected chi connectivity index (χ2v) is 6.11. The maximum absolute atomic E-state index is 12.1. The van der Waals surface area contributed by atoms with Gasteiger partial charge in [-0.25, -0.2) is 23.1 Å². The Hall–Kier alpha value is -1.64. The Bertz CT molecular complexity index is 672. The lowest BCUT2D eigenvalue weighted by Gasteiger charge is -2.08. The van der Waals surface area contributed by atoms with Gasteiger partial charge < -0.3 is 10.3 Å². The summed E-state index contributed by atoms with van der Waals surface area (Å²) >= 11 is 5.92. The fourth-order valence-electron chi connectivity index (χ4n) is 1.57. The SMILES string of the molecule is CNc1ncc(S(=O)(=O)NCCc2ncc[nH]2)cc1Cl. The van der Waals surface area contributed by atoms with E-state index in [0.717, 1.165) is 5.82 Å². The van der Waals surface area contributed by atoms with E-state index < -0.39 is 10.0 Å². The van der Waals surface area contributed by atoms with Crippen LogP contribution in [-0.4, -0.2) is 37.0 Å². The molecular formula is C11H14ClN5O2S. The standard InChI is InChI=1S/C11H14ClN5O2S/c1-13-11-9(12)6-8(7-16-11)20(18,19)17-3-2-10-14-4-5-15-10/h4-7,17H,2-3H2,1H3,(H,13,16)(H,14,15). The van der Waals surface area contributed by atoms with Crippen LogP contribution in [0, 0.1) is 0 Å². The molecule has 0 saturated heterocycles. The highest BCUT2D eigenvalue weighted by Gasteiger charge is 2.16. The summed E-state index contributed by atoms with van der Waals surface area (Å²) in [6.45, 7) is 0.237. The van der Waals surface area contributed by atoms with Gasteiger partial charge in [0.15, 0.2) is 0 Å². The van der Waals surface area contributed by atoms with Crippen molar-refractivity contribution < 1.29 is 8.42 Å². The molecule has 2 aromatic heterocycles. The molecule has 108 valence electrons. The number of pyridine rings is 1. The Balaban J connectivity index is 2.04. The Morgan fingerprint density at radius 2 is 2.20 bits per heavy atom. The van der Waals surface area contributed by atoms with Crippen LogP contribution in [0.15, 0.2) is 29.6 Å². The van der Waals surface area contributed by atoms with Crippen LogP contribution in [0.3, 0.4) is 0 Å². The Kier molecular flexibility index (Phi) is 4.58. The van der Waals surface area contributed by atoms with Gasteiger partial charge in [0.1, 0.15) is 16.5 Å². The number of nitrogens with one attached hydrogen (secondary N) is 3. The lowest BCUT2D eigenvalue weighted by atomic mass is 10.4. The van der Waals surface area contributed by atoms with Gasteiger partial charge in [-0.15, -0.1) is 0 Å². The minimum Gasteiger partial charge on any atom is -0.372 e. The van der Waals surface area contributed by atoms with Crippen LogP contribution in [0.4, 0.5) is 5.82 Å². The lowest BCUT2D eigenvalue weighted by molar-refractivity contribution is 0.580. The highest BCUT2D eigenvalue weighted by molar-refractivity contribution is 7.89. The van der Waals surface area contributed by atoms with Gasteiger partial charge in [0.2, 0.25) is 10.0 Å². The first-order chi connectivity index (χ1) is 9.53. The molecule has 0 unspecified atom stereocenters. The summed E-state index contributed by atoms with van der Waals surface area (Å²) in [5.41, 5.74) is 0. The zero-order valence-corrected chi connectivity index (χ0v) is 12.3. The highest BCUT2D eigenvalue weighted by Crippen LogP contribution is 2.21. The second kappa shape index (κ2) is 6.21. The molecule has 2 rings (SSSR count). The number of aromatic nitrogens is 3.